The third-order valence-corrected chi connectivity index (χ3v) is 4.71. The molecule has 0 bridgehead atoms. The second-order valence-electron chi connectivity index (χ2n) is 5.95. The number of anilines is 1. The maximum atomic E-state index is 12.5. The quantitative estimate of drug-likeness (QED) is 0.755. The Morgan fingerprint density at radius 1 is 1.04 bits per heavy atom. The summed E-state index contributed by atoms with van der Waals surface area (Å²) in [5.41, 5.74) is 1.20. The van der Waals surface area contributed by atoms with Crippen molar-refractivity contribution in [3.8, 4) is 0 Å². The molecule has 3 amide bonds. The van der Waals surface area contributed by atoms with Crippen molar-refractivity contribution in [1.29, 1.82) is 0 Å². The van der Waals surface area contributed by atoms with Crippen LogP contribution >= 0.6 is 23.2 Å². The van der Waals surface area contributed by atoms with E-state index in [2.05, 4.69) is 5.32 Å². The van der Waals surface area contributed by atoms with E-state index in [-0.39, 0.29) is 22.9 Å². The van der Waals surface area contributed by atoms with E-state index in [1.807, 2.05) is 6.92 Å². The zero-order valence-corrected chi connectivity index (χ0v) is 15.5. The summed E-state index contributed by atoms with van der Waals surface area (Å²) in [5, 5.41) is 3.45. The van der Waals surface area contributed by atoms with E-state index in [0.29, 0.717) is 27.8 Å². The lowest BCUT2D eigenvalue weighted by molar-refractivity contribution is 0.0652. The molecule has 134 valence electrons. The van der Waals surface area contributed by atoms with E-state index in [4.69, 9.17) is 23.2 Å². The van der Waals surface area contributed by atoms with Gasteiger partial charge < -0.3 is 5.32 Å². The highest BCUT2D eigenvalue weighted by Crippen LogP contribution is 2.27. The third-order valence-electron chi connectivity index (χ3n) is 4.14. The molecule has 3 rings (SSSR count). The van der Waals surface area contributed by atoms with E-state index in [1.54, 1.807) is 12.1 Å². The van der Waals surface area contributed by atoms with Gasteiger partial charge in [-0.3, -0.25) is 19.3 Å². The lowest BCUT2D eigenvalue weighted by Gasteiger charge is -2.12. The van der Waals surface area contributed by atoms with Crippen molar-refractivity contribution in [1.82, 2.24) is 4.90 Å². The van der Waals surface area contributed by atoms with Gasteiger partial charge in [0.25, 0.3) is 17.7 Å². The van der Waals surface area contributed by atoms with Crippen LogP contribution in [-0.2, 0) is 0 Å². The Bertz CT molecular complexity index is 912. The number of carbonyl (C=O) groups is 3. The molecular formula is C19H16Cl2N2O3. The average molecular weight is 391 g/mol. The molecule has 0 aromatic heterocycles. The number of imide groups is 1. The van der Waals surface area contributed by atoms with E-state index in [9.17, 15) is 14.4 Å². The molecule has 5 nitrogen and oxygen atoms in total. The normalized spacial score (nSPS) is 13.1. The standard InChI is InChI=1S/C19H16Cl2N2O3/c1-2-3-8-23-18(25)13-6-4-11(9-14(13)19(23)26)17(24)22-16-10-12(20)5-7-15(16)21/h4-7,9-10H,2-3,8H2,1H3,(H,22,24). The number of unbranched alkanes of at least 4 members (excludes halogenated alkanes) is 1. The van der Waals surface area contributed by atoms with Crippen LogP contribution in [0.15, 0.2) is 36.4 Å². The molecule has 7 heteroatoms. The van der Waals surface area contributed by atoms with E-state index in [0.717, 1.165) is 12.8 Å². The number of nitrogens with one attached hydrogen (secondary N) is 1. The highest BCUT2D eigenvalue weighted by Gasteiger charge is 2.35. The van der Waals surface area contributed by atoms with Crippen molar-refractivity contribution in [2.75, 3.05) is 11.9 Å². The number of fused-ring (bicyclic) bond motifs is 1. The second-order valence-corrected chi connectivity index (χ2v) is 6.80. The first-order valence-corrected chi connectivity index (χ1v) is 8.94. The number of benzene rings is 2. The minimum absolute atomic E-state index is 0.246. The van der Waals surface area contributed by atoms with E-state index >= 15 is 0 Å². The molecule has 0 saturated carbocycles. The van der Waals surface area contributed by atoms with Crippen molar-refractivity contribution in [2.24, 2.45) is 0 Å². The van der Waals surface area contributed by atoms with E-state index in [1.165, 1.54) is 29.2 Å². The van der Waals surface area contributed by atoms with Crippen LogP contribution in [0.4, 0.5) is 5.69 Å². The zero-order chi connectivity index (χ0) is 18.8. The van der Waals surface area contributed by atoms with Crippen LogP contribution in [0.3, 0.4) is 0 Å². The lowest BCUT2D eigenvalue weighted by atomic mass is 10.1. The Hall–Kier alpha value is -2.37. The molecule has 1 heterocycles. The molecule has 0 fully saturated rings. The molecule has 2 aromatic rings. The van der Waals surface area contributed by atoms with Crippen LogP contribution in [0.2, 0.25) is 10.0 Å². The van der Waals surface area contributed by atoms with Crippen LogP contribution in [0.1, 0.15) is 50.8 Å². The van der Waals surface area contributed by atoms with Gasteiger partial charge >= 0.3 is 0 Å². The molecule has 0 saturated heterocycles. The highest BCUT2D eigenvalue weighted by atomic mass is 35.5. The molecule has 1 aliphatic heterocycles. The topological polar surface area (TPSA) is 66.5 Å². The van der Waals surface area contributed by atoms with Gasteiger partial charge in [-0.15, -0.1) is 0 Å². The van der Waals surface area contributed by atoms with Crippen LogP contribution in [-0.4, -0.2) is 29.2 Å². The Morgan fingerprint density at radius 3 is 2.50 bits per heavy atom. The number of nitrogens with zero attached hydrogens (tertiary/aromatic N) is 1. The van der Waals surface area contributed by atoms with Gasteiger partial charge in [0.1, 0.15) is 0 Å². The largest absolute Gasteiger partial charge is 0.321 e. The number of amides is 3. The summed E-state index contributed by atoms with van der Waals surface area (Å²) < 4.78 is 0. The molecule has 26 heavy (non-hydrogen) atoms. The van der Waals surface area contributed by atoms with Crippen LogP contribution in [0.25, 0.3) is 0 Å². The summed E-state index contributed by atoms with van der Waals surface area (Å²) >= 11 is 12.0. The Morgan fingerprint density at radius 2 is 1.77 bits per heavy atom. The predicted molar refractivity (Wildman–Crippen MR) is 101 cm³/mol. The summed E-state index contributed by atoms with van der Waals surface area (Å²) in [6.07, 6.45) is 1.62. The summed E-state index contributed by atoms with van der Waals surface area (Å²) in [5.74, 6) is -1.12. The van der Waals surface area contributed by atoms with Crippen LogP contribution in [0, 0.1) is 0 Å². The molecule has 0 spiro atoms. The fourth-order valence-electron chi connectivity index (χ4n) is 2.74. The van der Waals surface area contributed by atoms with Gasteiger partial charge in [-0.2, -0.15) is 0 Å². The fraction of sp³-hybridized carbons (Fsp3) is 0.211. The maximum absolute atomic E-state index is 12.5. The number of hydrogen-bond donors (Lipinski definition) is 1. The molecular weight excluding hydrogens is 375 g/mol. The van der Waals surface area contributed by atoms with Crippen molar-refractivity contribution >= 4 is 46.6 Å². The zero-order valence-electron chi connectivity index (χ0n) is 14.0. The summed E-state index contributed by atoms with van der Waals surface area (Å²) in [6, 6.07) is 9.20. The SMILES string of the molecule is CCCCN1C(=O)c2ccc(C(=O)Nc3cc(Cl)ccc3Cl)cc2C1=O. The van der Waals surface area contributed by atoms with Crippen molar-refractivity contribution in [3.63, 3.8) is 0 Å². The molecule has 0 atom stereocenters. The smallest absolute Gasteiger partial charge is 0.261 e. The summed E-state index contributed by atoms with van der Waals surface area (Å²) in [7, 11) is 0. The summed E-state index contributed by atoms with van der Waals surface area (Å²) in [4.78, 5) is 38.5. The lowest BCUT2D eigenvalue weighted by Crippen LogP contribution is -2.30. The van der Waals surface area contributed by atoms with Gasteiger partial charge in [0, 0.05) is 17.1 Å². The first kappa shape index (κ1) is 18.4. The Labute approximate surface area is 160 Å². The van der Waals surface area contributed by atoms with Crippen LogP contribution in [0.5, 0.6) is 0 Å². The molecule has 0 aliphatic carbocycles. The number of carbonyl (C=O) groups excluding carboxylic acids is 3. The van der Waals surface area contributed by atoms with E-state index < -0.39 is 5.91 Å². The Kier molecular flexibility index (Phi) is 5.30. The third kappa shape index (κ3) is 3.45. The fourth-order valence-corrected chi connectivity index (χ4v) is 3.08. The molecule has 2 aromatic carbocycles. The highest BCUT2D eigenvalue weighted by molar-refractivity contribution is 6.36. The predicted octanol–water partition coefficient (Wildman–Crippen LogP) is 4.64. The molecule has 1 N–H and O–H groups in total. The monoisotopic (exact) mass is 390 g/mol. The molecule has 0 radical (unpaired) electrons. The number of halogens is 2. The van der Waals surface area contributed by atoms with Gasteiger partial charge in [0.2, 0.25) is 0 Å². The summed E-state index contributed by atoms with van der Waals surface area (Å²) in [6.45, 7) is 2.37. The van der Waals surface area contributed by atoms with Gasteiger partial charge in [-0.05, 0) is 42.8 Å². The molecule has 1 aliphatic rings. The minimum Gasteiger partial charge on any atom is -0.321 e. The van der Waals surface area contributed by atoms with Gasteiger partial charge in [-0.25, -0.2) is 0 Å². The van der Waals surface area contributed by atoms with Crippen molar-refractivity contribution < 1.29 is 14.4 Å². The first-order chi connectivity index (χ1) is 12.4. The average Bonchev–Trinajstić information content (AvgIpc) is 2.86. The number of hydrogen-bond acceptors (Lipinski definition) is 3. The minimum atomic E-state index is -0.441. The molecule has 0 unspecified atom stereocenters. The maximum Gasteiger partial charge on any atom is 0.261 e. The van der Waals surface area contributed by atoms with Gasteiger partial charge in [0.15, 0.2) is 0 Å². The van der Waals surface area contributed by atoms with Gasteiger partial charge in [-0.1, -0.05) is 36.5 Å². The van der Waals surface area contributed by atoms with Gasteiger partial charge in [0.05, 0.1) is 21.8 Å². The first-order valence-electron chi connectivity index (χ1n) is 8.19. The number of rotatable bonds is 5. The second kappa shape index (κ2) is 7.48. The van der Waals surface area contributed by atoms with Crippen LogP contribution < -0.4 is 5.32 Å². The Balaban J connectivity index is 1.85. The van der Waals surface area contributed by atoms with Crippen molar-refractivity contribution in [3.05, 3.63) is 63.1 Å². The van der Waals surface area contributed by atoms with Crippen molar-refractivity contribution in [2.45, 2.75) is 19.8 Å².